The largest absolute Gasteiger partial charge is 0.472 e. The molecule has 1 N–H and O–H groups in total. The van der Waals surface area contributed by atoms with Crippen molar-refractivity contribution < 1.29 is 23.0 Å². The van der Waals surface area contributed by atoms with Crippen molar-refractivity contribution in [2.24, 2.45) is 0 Å². The van der Waals surface area contributed by atoms with Crippen LogP contribution in [-0.2, 0) is 13.6 Å². The third-order valence-corrected chi connectivity index (χ3v) is 7.36. The van der Waals surface area contributed by atoms with Gasteiger partial charge in [-0.1, -0.05) is 90.9 Å². The average Bonchev–Trinajstić information content (AvgIpc) is 2.68. The lowest BCUT2D eigenvalue weighted by atomic mass is 10.0. The number of rotatable bonds is 22. The Kier molecular flexibility index (Phi) is 18.7. The number of hydrogen-bond acceptors (Lipinski definition) is 3. The summed E-state index contributed by atoms with van der Waals surface area (Å²) in [5.74, 6) is 0. The number of hydrogen-bond donors (Lipinski definition) is 1. The van der Waals surface area contributed by atoms with Crippen molar-refractivity contribution in [1.29, 1.82) is 0 Å². The Bertz CT molecular complexity index is 431. The normalized spacial score (nSPS) is 15.3. The molecular weight excluding hydrogens is 397 g/mol. The molecule has 0 bridgehead atoms. The molecule has 0 aliphatic carbocycles. The second-order valence-corrected chi connectivity index (χ2v) is 11.0. The first-order valence-electron chi connectivity index (χ1n) is 12.7. The lowest BCUT2D eigenvalue weighted by molar-refractivity contribution is -0.913. The van der Waals surface area contributed by atoms with Gasteiger partial charge in [0.2, 0.25) is 0 Å². The highest BCUT2D eigenvalue weighted by Gasteiger charge is 2.26. The van der Waals surface area contributed by atoms with E-state index in [-0.39, 0.29) is 6.61 Å². The van der Waals surface area contributed by atoms with Crippen molar-refractivity contribution in [2.45, 2.75) is 123 Å². The Labute approximate surface area is 188 Å². The van der Waals surface area contributed by atoms with E-state index < -0.39 is 7.82 Å². The average molecular weight is 451 g/mol. The Morgan fingerprint density at radius 1 is 0.733 bits per heavy atom. The Morgan fingerprint density at radius 2 is 1.17 bits per heavy atom. The van der Waals surface area contributed by atoms with E-state index in [4.69, 9.17) is 9.05 Å². The molecule has 0 saturated heterocycles. The monoisotopic (exact) mass is 450 g/mol. The molecule has 0 rings (SSSR count). The van der Waals surface area contributed by atoms with Crippen LogP contribution in [-0.4, -0.2) is 49.3 Å². The fourth-order valence-corrected chi connectivity index (χ4v) is 4.38. The van der Waals surface area contributed by atoms with Crippen molar-refractivity contribution in [3.05, 3.63) is 0 Å². The first kappa shape index (κ1) is 30.1. The van der Waals surface area contributed by atoms with Crippen molar-refractivity contribution in [3.8, 4) is 0 Å². The summed E-state index contributed by atoms with van der Waals surface area (Å²) < 4.78 is 23.3. The van der Waals surface area contributed by atoms with E-state index in [1.165, 1.54) is 83.5 Å². The van der Waals surface area contributed by atoms with Gasteiger partial charge >= 0.3 is 7.82 Å². The minimum atomic E-state index is -3.93. The smallest absolute Gasteiger partial charge is 0.324 e. The molecule has 0 heterocycles. The number of likely N-dealkylation sites (N-methyl/N-ethyl adjacent to an activating group) is 1. The van der Waals surface area contributed by atoms with E-state index in [1.54, 1.807) is 0 Å². The predicted molar refractivity (Wildman–Crippen MR) is 129 cm³/mol. The zero-order valence-corrected chi connectivity index (χ0v) is 21.8. The fraction of sp³-hybridized carbons (Fsp3) is 1.00. The van der Waals surface area contributed by atoms with Gasteiger partial charge in [0.1, 0.15) is 13.2 Å². The predicted octanol–water partition coefficient (Wildman–Crippen LogP) is 7.48. The first-order chi connectivity index (χ1) is 14.2. The van der Waals surface area contributed by atoms with E-state index in [1.807, 2.05) is 0 Å². The molecular formula is C24H53NO4P+. The van der Waals surface area contributed by atoms with E-state index in [0.717, 1.165) is 17.3 Å². The molecule has 0 aromatic carbocycles. The minimum absolute atomic E-state index is 0.249. The summed E-state index contributed by atoms with van der Waals surface area (Å²) in [6.07, 6.45) is 18.6. The maximum absolute atomic E-state index is 12.1. The number of phosphoric ester groups is 1. The van der Waals surface area contributed by atoms with Gasteiger partial charge in [-0.15, -0.1) is 0 Å². The van der Waals surface area contributed by atoms with Crippen LogP contribution in [0.4, 0.5) is 0 Å². The summed E-state index contributed by atoms with van der Waals surface area (Å²) >= 11 is 0. The van der Waals surface area contributed by atoms with Gasteiger partial charge in [-0.3, -0.25) is 9.05 Å². The van der Waals surface area contributed by atoms with E-state index in [9.17, 15) is 9.46 Å². The molecule has 0 radical (unpaired) electrons. The van der Waals surface area contributed by atoms with Crippen LogP contribution in [0.25, 0.3) is 0 Å². The second-order valence-electron chi connectivity index (χ2n) is 9.52. The summed E-state index contributed by atoms with van der Waals surface area (Å²) in [5, 5.41) is 0. The van der Waals surface area contributed by atoms with Crippen molar-refractivity contribution in [3.63, 3.8) is 0 Å². The molecule has 0 aromatic rings. The maximum Gasteiger partial charge on any atom is 0.472 e. The van der Waals surface area contributed by atoms with Gasteiger partial charge < -0.3 is 9.38 Å². The molecule has 0 spiro atoms. The highest BCUT2D eigenvalue weighted by molar-refractivity contribution is 7.47. The van der Waals surface area contributed by atoms with Gasteiger partial charge in [0, 0.05) is 0 Å². The van der Waals surface area contributed by atoms with Gasteiger partial charge in [-0.2, -0.15) is 0 Å². The topological polar surface area (TPSA) is 55.8 Å². The second kappa shape index (κ2) is 18.6. The Morgan fingerprint density at radius 3 is 1.70 bits per heavy atom. The lowest BCUT2D eigenvalue weighted by Crippen LogP contribution is -2.49. The summed E-state index contributed by atoms with van der Waals surface area (Å²) in [6.45, 7) is 8.00. The number of unbranched alkanes of at least 4 members (excludes halogenated alkanes) is 12. The lowest BCUT2D eigenvalue weighted by Gasteiger charge is -2.36. The minimum Gasteiger partial charge on any atom is -0.324 e. The SMILES string of the molecule is CCCCCCCCCCOP(=O)(O)OCC[N+](C)(C)C(C)CCCCCCCC. The van der Waals surface area contributed by atoms with Crippen molar-refractivity contribution in [2.75, 3.05) is 33.9 Å². The zero-order valence-electron chi connectivity index (χ0n) is 20.9. The summed E-state index contributed by atoms with van der Waals surface area (Å²) in [6, 6.07) is 0.510. The molecule has 0 aliphatic heterocycles. The summed E-state index contributed by atoms with van der Waals surface area (Å²) in [7, 11) is 0.425. The van der Waals surface area contributed by atoms with Crippen LogP contribution in [0.2, 0.25) is 0 Å². The van der Waals surface area contributed by atoms with Gasteiger partial charge in [0.05, 0.1) is 26.7 Å². The Hall–Kier alpha value is 0.0700. The number of phosphoric acid groups is 1. The van der Waals surface area contributed by atoms with Crippen LogP contribution >= 0.6 is 7.82 Å². The van der Waals surface area contributed by atoms with Crippen LogP contribution in [0.1, 0.15) is 117 Å². The molecule has 0 fully saturated rings. The maximum atomic E-state index is 12.1. The summed E-state index contributed by atoms with van der Waals surface area (Å²) in [4.78, 5) is 9.90. The van der Waals surface area contributed by atoms with Crippen LogP contribution in [0.3, 0.4) is 0 Å². The first-order valence-corrected chi connectivity index (χ1v) is 14.2. The van der Waals surface area contributed by atoms with Crippen LogP contribution in [0.15, 0.2) is 0 Å². The van der Waals surface area contributed by atoms with Crippen LogP contribution in [0, 0.1) is 0 Å². The molecule has 0 aromatic heterocycles. The molecule has 0 aliphatic rings. The third kappa shape index (κ3) is 17.7. The van der Waals surface area contributed by atoms with Gasteiger partial charge in [-0.05, 0) is 26.2 Å². The molecule has 182 valence electrons. The number of quaternary nitrogens is 1. The molecule has 5 nitrogen and oxygen atoms in total. The molecule has 6 heteroatoms. The Balaban J connectivity index is 3.83. The van der Waals surface area contributed by atoms with E-state index >= 15 is 0 Å². The number of nitrogens with zero attached hydrogens (tertiary/aromatic N) is 1. The van der Waals surface area contributed by atoms with Crippen LogP contribution < -0.4 is 0 Å². The zero-order chi connectivity index (χ0) is 22.7. The highest BCUT2D eigenvalue weighted by Crippen LogP contribution is 2.43. The molecule has 0 saturated carbocycles. The molecule has 0 amide bonds. The fourth-order valence-electron chi connectivity index (χ4n) is 3.63. The quantitative estimate of drug-likeness (QED) is 0.106. The van der Waals surface area contributed by atoms with Gasteiger partial charge in [-0.25, -0.2) is 4.57 Å². The standard InChI is InChI=1S/C24H52NO4P/c1-6-8-10-12-14-15-17-19-22-28-30(26,27)29-23-21-25(4,5)24(3)20-18-16-13-11-9-7-2/h24H,6-23H2,1-5H3/p+1. The van der Waals surface area contributed by atoms with Gasteiger partial charge in [0.15, 0.2) is 0 Å². The van der Waals surface area contributed by atoms with Gasteiger partial charge in [0.25, 0.3) is 0 Å². The molecule has 2 atom stereocenters. The van der Waals surface area contributed by atoms with Crippen molar-refractivity contribution in [1.82, 2.24) is 0 Å². The van der Waals surface area contributed by atoms with Crippen molar-refractivity contribution >= 4 is 7.82 Å². The van der Waals surface area contributed by atoms with Crippen LogP contribution in [0.5, 0.6) is 0 Å². The third-order valence-electron chi connectivity index (χ3n) is 6.34. The molecule has 2 unspecified atom stereocenters. The van der Waals surface area contributed by atoms with E-state index in [2.05, 4.69) is 34.9 Å². The molecule has 30 heavy (non-hydrogen) atoms. The summed E-state index contributed by atoms with van der Waals surface area (Å²) in [5.41, 5.74) is 0. The van der Waals surface area contributed by atoms with E-state index in [0.29, 0.717) is 19.2 Å². The highest BCUT2D eigenvalue weighted by atomic mass is 31.2.